The van der Waals surface area contributed by atoms with Crippen LogP contribution in [0.25, 0.3) is 82.3 Å². The van der Waals surface area contributed by atoms with Gasteiger partial charge in [-0.25, -0.2) is 0 Å². The van der Waals surface area contributed by atoms with Crippen molar-refractivity contribution >= 4 is 83.2 Å². The molecule has 0 radical (unpaired) electrons. The summed E-state index contributed by atoms with van der Waals surface area (Å²) in [4.78, 5) is 0. The lowest BCUT2D eigenvalue weighted by Crippen LogP contribution is -2.11. The Morgan fingerprint density at radius 3 is 2.06 bits per heavy atom. The molecule has 3 aromatic heterocycles. The van der Waals surface area contributed by atoms with Crippen molar-refractivity contribution in [1.82, 2.24) is 4.40 Å². The second-order valence-corrected chi connectivity index (χ2v) is 17.2. The monoisotopic (exact) mass is 673 g/mol. The Bertz CT molecular complexity index is 2980. The fourth-order valence-corrected chi connectivity index (χ4v) is 9.68. The molecule has 11 rings (SSSR count). The summed E-state index contributed by atoms with van der Waals surface area (Å²) in [6, 6.07) is 31.7. The van der Waals surface area contributed by atoms with Crippen molar-refractivity contribution in [2.45, 2.75) is 58.3 Å². The first-order chi connectivity index (χ1) is 23.4. The molecule has 0 saturated heterocycles. The largest absolute Gasteiger partial charge is 0.456 e. The minimum absolute atomic E-state index is 0.0390. The number of fused-ring (bicyclic) bond motifs is 15. The molecule has 2 nitrogen and oxygen atoms in total. The summed E-state index contributed by atoms with van der Waals surface area (Å²) in [5.74, 6) is 0.155. The highest BCUT2D eigenvalue weighted by atomic mass is 35.5. The minimum Gasteiger partial charge on any atom is -0.456 e. The van der Waals surface area contributed by atoms with Gasteiger partial charge in [-0.3, -0.25) is 0 Å². The van der Waals surface area contributed by atoms with E-state index in [9.17, 15) is 0 Å². The highest BCUT2D eigenvalue weighted by Crippen LogP contribution is 2.61. The summed E-state index contributed by atoms with van der Waals surface area (Å²) in [6.45, 7) is 13.6. The van der Waals surface area contributed by atoms with Crippen LogP contribution in [0.4, 0.5) is 0 Å². The molecule has 2 aliphatic rings. The number of benzene rings is 6. The topological polar surface area (TPSA) is 17.6 Å². The maximum absolute atomic E-state index is 7.00. The van der Waals surface area contributed by atoms with Gasteiger partial charge in [-0.2, -0.15) is 0 Å². The van der Waals surface area contributed by atoms with E-state index >= 15 is 0 Å². The zero-order chi connectivity index (χ0) is 33.5. The number of halogens is 2. The molecule has 6 aromatic carbocycles. The van der Waals surface area contributed by atoms with E-state index in [1.165, 1.54) is 82.8 Å². The standard InChI is InChI=1S/C45H33Cl2NO/c1-44(2,3)21-7-9-24-30(15-21)40-33(46)12-10-23-26-19-37-28(17-31(26)39(24)42(23)40)29-18-36-27(20-38(29)49-37)25-11-13-34(47)41-32-16-22(45(4,5)6)8-14-35(32)48(36)43(25)41/h7-20,39H,1-6H3. The first kappa shape index (κ1) is 28.3. The molecule has 3 heterocycles. The second-order valence-electron chi connectivity index (χ2n) is 16.4. The zero-order valence-electron chi connectivity index (χ0n) is 28.3. The summed E-state index contributed by atoms with van der Waals surface area (Å²) in [5.41, 5.74) is 17.1. The van der Waals surface area contributed by atoms with Gasteiger partial charge in [-0.15, -0.1) is 0 Å². The van der Waals surface area contributed by atoms with Crippen LogP contribution in [0.3, 0.4) is 0 Å². The molecule has 1 atom stereocenters. The Morgan fingerprint density at radius 1 is 0.551 bits per heavy atom. The smallest absolute Gasteiger partial charge is 0.136 e. The van der Waals surface area contributed by atoms with Crippen molar-refractivity contribution in [3.8, 4) is 22.3 Å². The average molecular weight is 675 g/mol. The third-order valence-corrected chi connectivity index (χ3v) is 12.2. The van der Waals surface area contributed by atoms with Gasteiger partial charge in [0.2, 0.25) is 0 Å². The van der Waals surface area contributed by atoms with Crippen molar-refractivity contribution in [2.75, 3.05) is 0 Å². The number of hydrogen-bond donors (Lipinski definition) is 0. The van der Waals surface area contributed by atoms with Crippen molar-refractivity contribution < 1.29 is 4.42 Å². The minimum atomic E-state index is 0.0390. The highest BCUT2D eigenvalue weighted by molar-refractivity contribution is 6.40. The van der Waals surface area contributed by atoms with Gasteiger partial charge in [-0.1, -0.05) is 101 Å². The van der Waals surface area contributed by atoms with Crippen LogP contribution >= 0.6 is 23.2 Å². The van der Waals surface area contributed by atoms with E-state index in [0.717, 1.165) is 37.4 Å². The summed E-state index contributed by atoms with van der Waals surface area (Å²) >= 11 is 14.0. The van der Waals surface area contributed by atoms with Gasteiger partial charge in [0.05, 0.1) is 21.6 Å². The molecule has 49 heavy (non-hydrogen) atoms. The maximum Gasteiger partial charge on any atom is 0.136 e. The van der Waals surface area contributed by atoms with Crippen LogP contribution in [-0.4, -0.2) is 4.40 Å². The van der Waals surface area contributed by atoms with Gasteiger partial charge in [0.1, 0.15) is 11.2 Å². The van der Waals surface area contributed by atoms with E-state index in [0.29, 0.717) is 0 Å². The lowest BCUT2D eigenvalue weighted by Gasteiger charge is -2.21. The molecular weight excluding hydrogens is 641 g/mol. The number of hydrogen-bond acceptors (Lipinski definition) is 1. The first-order valence-corrected chi connectivity index (χ1v) is 17.9. The average Bonchev–Trinajstić information content (AvgIpc) is 3.83. The number of aromatic nitrogens is 1. The normalized spacial score (nSPS) is 15.6. The maximum atomic E-state index is 7.00. The fourth-order valence-electron chi connectivity index (χ4n) is 9.16. The number of nitrogens with zero attached hydrogens (tertiary/aromatic N) is 1. The quantitative estimate of drug-likeness (QED) is 0.157. The Morgan fingerprint density at radius 2 is 1.27 bits per heavy atom. The Balaban J connectivity index is 1.19. The molecule has 9 aromatic rings. The van der Waals surface area contributed by atoms with Gasteiger partial charge in [-0.05, 0) is 104 Å². The van der Waals surface area contributed by atoms with E-state index in [-0.39, 0.29) is 16.7 Å². The first-order valence-electron chi connectivity index (χ1n) is 17.2. The lowest BCUT2D eigenvalue weighted by molar-refractivity contribution is 0.590. The summed E-state index contributed by atoms with van der Waals surface area (Å²) in [7, 11) is 0. The van der Waals surface area contributed by atoms with Crippen molar-refractivity contribution in [2.24, 2.45) is 0 Å². The molecule has 0 fully saturated rings. The molecule has 0 bridgehead atoms. The van der Waals surface area contributed by atoms with Crippen LogP contribution in [0, 0.1) is 0 Å². The van der Waals surface area contributed by atoms with E-state index in [1.54, 1.807) is 0 Å². The van der Waals surface area contributed by atoms with E-state index in [1.807, 2.05) is 0 Å². The Kier molecular flexibility index (Phi) is 5.09. The van der Waals surface area contributed by atoms with Crippen LogP contribution in [0.2, 0.25) is 10.0 Å². The highest BCUT2D eigenvalue weighted by Gasteiger charge is 2.41. The fraction of sp³-hybridized carbons (Fsp3) is 0.200. The third-order valence-electron chi connectivity index (χ3n) is 11.6. The summed E-state index contributed by atoms with van der Waals surface area (Å²) in [6.07, 6.45) is 0. The SMILES string of the molecule is CC(C)(C)c1ccc2c(c1)-c1c(Cl)ccc3c1C2c1cc2c(cc1-3)oc1cc3c4ccc(Cl)c5c6cc(C(C)(C)C)ccc6n(c3cc12)c45. The molecule has 1 unspecified atom stereocenters. The Labute approximate surface area is 294 Å². The van der Waals surface area contributed by atoms with Gasteiger partial charge in [0.25, 0.3) is 0 Å². The van der Waals surface area contributed by atoms with E-state index in [4.69, 9.17) is 27.6 Å². The molecule has 0 amide bonds. The predicted molar refractivity (Wildman–Crippen MR) is 208 cm³/mol. The number of rotatable bonds is 0. The Hall–Kier alpha value is -4.50. The molecule has 0 spiro atoms. The molecule has 0 saturated carbocycles. The van der Waals surface area contributed by atoms with Crippen LogP contribution in [0.5, 0.6) is 0 Å². The third kappa shape index (κ3) is 3.44. The lowest BCUT2D eigenvalue weighted by atomic mass is 9.84. The van der Waals surface area contributed by atoms with Crippen molar-refractivity contribution in [1.29, 1.82) is 0 Å². The van der Waals surface area contributed by atoms with Gasteiger partial charge in [0, 0.05) is 48.8 Å². The van der Waals surface area contributed by atoms with Crippen LogP contribution in [0.15, 0.2) is 89.3 Å². The van der Waals surface area contributed by atoms with Crippen LogP contribution in [0.1, 0.15) is 75.3 Å². The second kappa shape index (κ2) is 8.80. The number of furan rings is 1. The van der Waals surface area contributed by atoms with Crippen molar-refractivity contribution in [3.63, 3.8) is 0 Å². The molecule has 0 aliphatic heterocycles. The molecular formula is C45H33Cl2NO. The zero-order valence-corrected chi connectivity index (χ0v) is 29.8. The molecule has 4 heteroatoms. The van der Waals surface area contributed by atoms with Crippen molar-refractivity contribution in [3.05, 3.63) is 123 Å². The molecule has 0 N–H and O–H groups in total. The molecule has 238 valence electrons. The van der Waals surface area contributed by atoms with Crippen LogP contribution < -0.4 is 0 Å². The summed E-state index contributed by atoms with van der Waals surface area (Å²) in [5, 5.41) is 8.60. The van der Waals surface area contributed by atoms with E-state index in [2.05, 4.69) is 131 Å². The summed E-state index contributed by atoms with van der Waals surface area (Å²) < 4.78 is 9.14. The van der Waals surface area contributed by atoms with Gasteiger partial charge >= 0.3 is 0 Å². The van der Waals surface area contributed by atoms with Gasteiger partial charge < -0.3 is 8.82 Å². The van der Waals surface area contributed by atoms with Gasteiger partial charge in [0.15, 0.2) is 0 Å². The molecule has 2 aliphatic carbocycles. The predicted octanol–water partition coefficient (Wildman–Crippen LogP) is 13.8. The van der Waals surface area contributed by atoms with Crippen LogP contribution in [-0.2, 0) is 10.8 Å². The van der Waals surface area contributed by atoms with E-state index < -0.39 is 0 Å².